The zero-order valence-electron chi connectivity index (χ0n) is 11.3. The number of aryl methyl sites for hydroxylation is 1. The van der Waals surface area contributed by atoms with Gasteiger partial charge in [-0.15, -0.1) is 0 Å². The third-order valence-electron chi connectivity index (χ3n) is 2.82. The number of hydrogen-bond donors (Lipinski definition) is 3. The summed E-state index contributed by atoms with van der Waals surface area (Å²) in [6.45, 7) is 3.49. The Kier molecular flexibility index (Phi) is 5.16. The van der Waals surface area contributed by atoms with Crippen LogP contribution in [0.5, 0.6) is 5.75 Å². The van der Waals surface area contributed by atoms with E-state index in [2.05, 4.69) is 4.72 Å². The van der Waals surface area contributed by atoms with Gasteiger partial charge in [-0.1, -0.05) is 6.92 Å². The largest absolute Gasteiger partial charge is 0.495 e. The maximum atomic E-state index is 12.1. The quantitative estimate of drug-likeness (QED) is 0.667. The number of nitrogens with one attached hydrogen (secondary N) is 1. The lowest BCUT2D eigenvalue weighted by Crippen LogP contribution is -2.32. The van der Waals surface area contributed by atoms with Gasteiger partial charge in [0.2, 0.25) is 10.0 Å². The van der Waals surface area contributed by atoms with Crippen LogP contribution in [0.15, 0.2) is 17.0 Å². The summed E-state index contributed by atoms with van der Waals surface area (Å²) in [6, 6.07) is 2.93. The molecule has 0 saturated carbocycles. The van der Waals surface area contributed by atoms with Crippen molar-refractivity contribution >= 4 is 15.7 Å². The van der Waals surface area contributed by atoms with Crippen molar-refractivity contribution in [2.75, 3.05) is 19.4 Å². The fourth-order valence-corrected chi connectivity index (χ4v) is 2.73. The van der Waals surface area contributed by atoms with Crippen molar-refractivity contribution in [1.29, 1.82) is 0 Å². The first-order valence-electron chi connectivity index (χ1n) is 5.93. The van der Waals surface area contributed by atoms with Crippen molar-refractivity contribution in [3.8, 4) is 5.75 Å². The molecule has 1 rings (SSSR count). The summed E-state index contributed by atoms with van der Waals surface area (Å²) in [5.41, 5.74) is 6.84. The molecule has 0 saturated heterocycles. The van der Waals surface area contributed by atoms with Crippen LogP contribution in [0.1, 0.15) is 18.9 Å². The SMILES string of the molecule is CCC(O)CNS(=O)(=O)c1cc(N)c(C)cc1OC. The van der Waals surface area contributed by atoms with Crippen LogP contribution in [0.25, 0.3) is 0 Å². The van der Waals surface area contributed by atoms with Crippen LogP contribution in [0.2, 0.25) is 0 Å². The molecule has 19 heavy (non-hydrogen) atoms. The standard InChI is InChI=1S/C12H20N2O4S/c1-4-9(15)7-14-19(16,17)12-6-10(13)8(2)5-11(12)18-3/h5-6,9,14-15H,4,7,13H2,1-3H3. The highest BCUT2D eigenvalue weighted by molar-refractivity contribution is 7.89. The summed E-state index contributed by atoms with van der Waals surface area (Å²) in [4.78, 5) is -0.0265. The molecule has 0 aliphatic heterocycles. The van der Waals surface area contributed by atoms with E-state index in [-0.39, 0.29) is 17.2 Å². The molecule has 1 unspecified atom stereocenters. The summed E-state index contributed by atoms with van der Waals surface area (Å²) in [5, 5.41) is 9.41. The molecule has 0 heterocycles. The molecule has 0 aromatic heterocycles. The van der Waals surface area contributed by atoms with E-state index in [1.54, 1.807) is 19.9 Å². The van der Waals surface area contributed by atoms with E-state index in [4.69, 9.17) is 10.5 Å². The van der Waals surface area contributed by atoms with Crippen LogP contribution >= 0.6 is 0 Å². The first-order valence-corrected chi connectivity index (χ1v) is 7.42. The Morgan fingerprint density at radius 3 is 2.63 bits per heavy atom. The Morgan fingerprint density at radius 2 is 2.11 bits per heavy atom. The van der Waals surface area contributed by atoms with Crippen molar-refractivity contribution in [2.45, 2.75) is 31.3 Å². The number of hydrogen-bond acceptors (Lipinski definition) is 5. The maximum absolute atomic E-state index is 12.1. The third kappa shape index (κ3) is 3.82. The topological polar surface area (TPSA) is 102 Å². The number of aliphatic hydroxyl groups excluding tert-OH is 1. The van der Waals surface area contributed by atoms with E-state index in [1.807, 2.05) is 0 Å². The van der Waals surface area contributed by atoms with Crippen molar-refractivity contribution in [3.05, 3.63) is 17.7 Å². The molecule has 1 aromatic carbocycles. The van der Waals surface area contributed by atoms with Gasteiger partial charge in [-0.3, -0.25) is 0 Å². The highest BCUT2D eigenvalue weighted by Gasteiger charge is 2.21. The van der Waals surface area contributed by atoms with Gasteiger partial charge >= 0.3 is 0 Å². The number of benzene rings is 1. The van der Waals surface area contributed by atoms with E-state index >= 15 is 0 Å². The van der Waals surface area contributed by atoms with Crippen molar-refractivity contribution in [2.24, 2.45) is 0 Å². The molecule has 4 N–H and O–H groups in total. The summed E-state index contributed by atoms with van der Waals surface area (Å²) >= 11 is 0. The van der Waals surface area contributed by atoms with E-state index in [9.17, 15) is 13.5 Å². The van der Waals surface area contributed by atoms with Gasteiger partial charge in [-0.2, -0.15) is 0 Å². The molecular weight excluding hydrogens is 268 g/mol. The minimum Gasteiger partial charge on any atom is -0.495 e. The lowest BCUT2D eigenvalue weighted by molar-refractivity contribution is 0.174. The highest BCUT2D eigenvalue weighted by atomic mass is 32.2. The number of methoxy groups -OCH3 is 1. The molecule has 0 radical (unpaired) electrons. The number of nitrogen functional groups attached to an aromatic ring is 1. The van der Waals surface area contributed by atoms with E-state index in [1.165, 1.54) is 13.2 Å². The zero-order chi connectivity index (χ0) is 14.6. The van der Waals surface area contributed by atoms with Crippen molar-refractivity contribution < 1.29 is 18.3 Å². The average Bonchev–Trinajstić information content (AvgIpc) is 2.38. The number of ether oxygens (including phenoxy) is 1. The predicted octanol–water partition coefficient (Wildman–Crippen LogP) is 0.635. The fraction of sp³-hybridized carbons (Fsp3) is 0.500. The van der Waals surface area contributed by atoms with Crippen LogP contribution in [-0.4, -0.2) is 33.3 Å². The molecule has 0 bridgehead atoms. The smallest absolute Gasteiger partial charge is 0.244 e. The van der Waals surface area contributed by atoms with Gasteiger partial charge in [-0.05, 0) is 31.0 Å². The molecule has 1 aromatic rings. The highest BCUT2D eigenvalue weighted by Crippen LogP contribution is 2.28. The van der Waals surface area contributed by atoms with E-state index < -0.39 is 16.1 Å². The molecular formula is C12H20N2O4S. The molecule has 0 aliphatic rings. The summed E-state index contributed by atoms with van der Waals surface area (Å²) in [6.07, 6.45) is -0.251. The fourth-order valence-electron chi connectivity index (χ4n) is 1.47. The van der Waals surface area contributed by atoms with E-state index in [0.29, 0.717) is 12.1 Å². The average molecular weight is 288 g/mol. The minimum atomic E-state index is -3.76. The summed E-state index contributed by atoms with van der Waals surface area (Å²) in [5.74, 6) is 0.227. The second kappa shape index (κ2) is 6.23. The van der Waals surface area contributed by atoms with Gasteiger partial charge in [-0.25, -0.2) is 13.1 Å². The van der Waals surface area contributed by atoms with Gasteiger partial charge in [0, 0.05) is 12.2 Å². The molecule has 7 heteroatoms. The number of nitrogens with two attached hydrogens (primary N) is 1. The Morgan fingerprint density at radius 1 is 1.47 bits per heavy atom. The molecule has 0 amide bonds. The first kappa shape index (κ1) is 15.7. The van der Waals surface area contributed by atoms with Crippen molar-refractivity contribution in [3.63, 3.8) is 0 Å². The first-order chi connectivity index (χ1) is 8.81. The second-order valence-electron chi connectivity index (χ2n) is 4.27. The van der Waals surface area contributed by atoms with E-state index in [0.717, 1.165) is 5.56 Å². The Balaban J connectivity index is 3.10. The van der Waals surface area contributed by atoms with Gasteiger partial charge in [0.15, 0.2) is 0 Å². The number of rotatable bonds is 6. The molecule has 6 nitrogen and oxygen atoms in total. The zero-order valence-corrected chi connectivity index (χ0v) is 12.1. The molecule has 1 atom stereocenters. The van der Waals surface area contributed by atoms with Crippen LogP contribution in [0.4, 0.5) is 5.69 Å². The Hall–Kier alpha value is -1.31. The van der Waals surface area contributed by atoms with Crippen LogP contribution in [-0.2, 0) is 10.0 Å². The van der Waals surface area contributed by atoms with Gasteiger partial charge in [0.05, 0.1) is 13.2 Å². The summed E-state index contributed by atoms with van der Waals surface area (Å²) in [7, 11) is -2.37. The van der Waals surface area contributed by atoms with Crippen LogP contribution in [0, 0.1) is 6.92 Å². The van der Waals surface area contributed by atoms with Crippen molar-refractivity contribution in [1.82, 2.24) is 4.72 Å². The summed E-state index contributed by atoms with van der Waals surface area (Å²) < 4.78 is 31.7. The normalized spacial score (nSPS) is 13.3. The maximum Gasteiger partial charge on any atom is 0.244 e. The lowest BCUT2D eigenvalue weighted by Gasteiger charge is -2.14. The number of aliphatic hydroxyl groups is 1. The Labute approximate surface area is 113 Å². The molecule has 0 aliphatic carbocycles. The molecule has 0 fully saturated rings. The Bertz CT molecular complexity index is 543. The number of anilines is 1. The monoisotopic (exact) mass is 288 g/mol. The van der Waals surface area contributed by atoms with Gasteiger partial charge in [0.1, 0.15) is 10.6 Å². The second-order valence-corrected chi connectivity index (χ2v) is 6.01. The molecule has 108 valence electrons. The van der Waals surface area contributed by atoms with Crippen LogP contribution in [0.3, 0.4) is 0 Å². The van der Waals surface area contributed by atoms with Gasteiger partial charge in [0.25, 0.3) is 0 Å². The molecule has 0 spiro atoms. The minimum absolute atomic E-state index is 0.0265. The predicted molar refractivity (Wildman–Crippen MR) is 73.6 cm³/mol. The number of sulfonamides is 1. The third-order valence-corrected chi connectivity index (χ3v) is 4.27. The van der Waals surface area contributed by atoms with Crippen LogP contribution < -0.4 is 15.2 Å². The lowest BCUT2D eigenvalue weighted by atomic mass is 10.2. The van der Waals surface area contributed by atoms with Gasteiger partial charge < -0.3 is 15.6 Å².